The van der Waals surface area contributed by atoms with Gasteiger partial charge in [0.1, 0.15) is 18.9 Å². The molecule has 0 aliphatic carbocycles. The van der Waals surface area contributed by atoms with Crippen LogP contribution in [0.4, 0.5) is 17.1 Å². The lowest BCUT2D eigenvalue weighted by atomic mass is 10.1. The topological polar surface area (TPSA) is 72.5 Å². The number of fused-ring (bicyclic) bond motifs is 1. The molecule has 0 unspecified atom stereocenters. The molecule has 0 radical (unpaired) electrons. The van der Waals surface area contributed by atoms with Gasteiger partial charge in [0, 0.05) is 17.4 Å². The van der Waals surface area contributed by atoms with Crippen LogP contribution in [0.1, 0.15) is 21.6 Å². The summed E-state index contributed by atoms with van der Waals surface area (Å²) in [4.78, 5) is 16.8. The van der Waals surface area contributed by atoms with E-state index in [1.165, 1.54) is 0 Å². The molecule has 0 atom stereocenters. The van der Waals surface area contributed by atoms with Gasteiger partial charge in [0.2, 0.25) is 0 Å². The van der Waals surface area contributed by atoms with E-state index in [0.29, 0.717) is 36.1 Å². The number of anilines is 3. The molecular weight excluding hydrogens is 354 g/mol. The number of nitrogens with zero attached hydrogens (tertiary/aromatic N) is 1. The molecule has 2 N–H and O–H groups in total. The third-order valence-electron chi connectivity index (χ3n) is 4.55. The zero-order valence-corrected chi connectivity index (χ0v) is 15.8. The molecule has 0 saturated heterocycles. The van der Waals surface area contributed by atoms with Crippen LogP contribution in [0.25, 0.3) is 0 Å². The maximum atomic E-state index is 12.5. The first-order valence-corrected chi connectivity index (χ1v) is 9.10. The van der Waals surface area contributed by atoms with E-state index in [1.54, 1.807) is 30.5 Å². The van der Waals surface area contributed by atoms with Crippen LogP contribution >= 0.6 is 0 Å². The van der Waals surface area contributed by atoms with Crippen LogP contribution in [0.3, 0.4) is 0 Å². The van der Waals surface area contributed by atoms with E-state index in [2.05, 4.69) is 41.6 Å². The van der Waals surface area contributed by atoms with Crippen molar-refractivity contribution in [3.63, 3.8) is 0 Å². The van der Waals surface area contributed by atoms with Gasteiger partial charge < -0.3 is 20.1 Å². The van der Waals surface area contributed by atoms with Crippen LogP contribution < -0.4 is 20.1 Å². The normalized spacial score (nSPS) is 12.4. The van der Waals surface area contributed by atoms with E-state index < -0.39 is 0 Å². The lowest BCUT2D eigenvalue weighted by Gasteiger charge is -2.19. The van der Waals surface area contributed by atoms with Gasteiger partial charge in [-0.2, -0.15) is 0 Å². The van der Waals surface area contributed by atoms with E-state index >= 15 is 0 Å². The molecule has 2 heterocycles. The van der Waals surface area contributed by atoms with Gasteiger partial charge in [0.15, 0.2) is 11.5 Å². The fraction of sp³-hybridized carbons (Fsp3) is 0.182. The van der Waals surface area contributed by atoms with Crippen LogP contribution in [0.5, 0.6) is 11.5 Å². The van der Waals surface area contributed by atoms with Gasteiger partial charge in [-0.3, -0.25) is 4.79 Å². The molecule has 0 fully saturated rings. The molecule has 0 bridgehead atoms. The number of benzene rings is 2. The highest BCUT2D eigenvalue weighted by Gasteiger charge is 2.14. The monoisotopic (exact) mass is 375 g/mol. The number of rotatable bonds is 4. The highest BCUT2D eigenvalue weighted by Crippen LogP contribution is 2.32. The number of carbonyl (C=O) groups is 1. The van der Waals surface area contributed by atoms with Gasteiger partial charge in [-0.05, 0) is 49.2 Å². The van der Waals surface area contributed by atoms with Gasteiger partial charge in [-0.15, -0.1) is 0 Å². The number of hydrogen-bond acceptors (Lipinski definition) is 5. The Labute approximate surface area is 163 Å². The summed E-state index contributed by atoms with van der Waals surface area (Å²) >= 11 is 0. The fourth-order valence-corrected chi connectivity index (χ4v) is 3.07. The van der Waals surface area contributed by atoms with Gasteiger partial charge in [0.05, 0.1) is 11.9 Å². The van der Waals surface area contributed by atoms with E-state index in [0.717, 1.165) is 22.5 Å². The molecule has 6 nitrogen and oxygen atoms in total. The Kier molecular flexibility index (Phi) is 4.85. The smallest absolute Gasteiger partial charge is 0.274 e. The Hall–Kier alpha value is -3.54. The average molecular weight is 375 g/mol. The quantitative estimate of drug-likeness (QED) is 0.704. The third-order valence-corrected chi connectivity index (χ3v) is 4.55. The van der Waals surface area contributed by atoms with Crippen molar-refractivity contribution in [2.45, 2.75) is 13.8 Å². The second-order valence-electron chi connectivity index (χ2n) is 6.64. The lowest BCUT2D eigenvalue weighted by molar-refractivity contribution is 0.102. The molecule has 28 heavy (non-hydrogen) atoms. The van der Waals surface area contributed by atoms with E-state index in [1.807, 2.05) is 12.1 Å². The van der Waals surface area contributed by atoms with Crippen molar-refractivity contribution in [1.82, 2.24) is 4.98 Å². The summed E-state index contributed by atoms with van der Waals surface area (Å²) < 4.78 is 11.0. The Bertz CT molecular complexity index is 996. The molecule has 4 rings (SSSR count). The summed E-state index contributed by atoms with van der Waals surface area (Å²) in [5.74, 6) is 1.03. The zero-order chi connectivity index (χ0) is 19.5. The number of nitrogens with one attached hydrogen (secondary N) is 2. The first-order chi connectivity index (χ1) is 13.6. The minimum Gasteiger partial charge on any atom is -0.486 e. The summed E-state index contributed by atoms with van der Waals surface area (Å²) in [5, 5.41) is 6.20. The fourth-order valence-electron chi connectivity index (χ4n) is 3.07. The minimum absolute atomic E-state index is 0.282. The highest BCUT2D eigenvalue weighted by molar-refractivity contribution is 6.03. The predicted octanol–water partition coefficient (Wildman–Crippen LogP) is 4.47. The standard InChI is InChI=1S/C22H21N3O3/c1-14-4-3-5-15(2)21(14)24-17-6-8-18(23-13-17)22(26)25-16-7-9-19-20(12-16)28-11-10-27-19/h3-9,12-13,24H,10-11H2,1-2H3,(H,25,26). The van der Waals surface area contributed by atoms with Crippen molar-refractivity contribution in [2.24, 2.45) is 0 Å². The van der Waals surface area contributed by atoms with Crippen LogP contribution in [-0.4, -0.2) is 24.1 Å². The van der Waals surface area contributed by atoms with Gasteiger partial charge in [0.25, 0.3) is 5.91 Å². The maximum Gasteiger partial charge on any atom is 0.274 e. The number of aryl methyl sites for hydroxylation is 2. The third kappa shape index (κ3) is 3.76. The maximum absolute atomic E-state index is 12.5. The molecule has 1 amide bonds. The van der Waals surface area contributed by atoms with E-state index in [-0.39, 0.29) is 5.91 Å². The number of carbonyl (C=O) groups excluding carboxylic acids is 1. The minimum atomic E-state index is -0.282. The van der Waals surface area contributed by atoms with Crippen molar-refractivity contribution in [1.29, 1.82) is 0 Å². The summed E-state index contributed by atoms with van der Waals surface area (Å²) in [6.45, 7) is 5.14. The SMILES string of the molecule is Cc1cccc(C)c1Nc1ccc(C(=O)Nc2ccc3c(c2)OCCO3)nc1. The molecule has 6 heteroatoms. The molecule has 2 aromatic carbocycles. The van der Waals surface area contributed by atoms with Crippen molar-refractivity contribution < 1.29 is 14.3 Å². The lowest BCUT2D eigenvalue weighted by Crippen LogP contribution is -2.17. The summed E-state index contributed by atoms with van der Waals surface area (Å²) in [6.07, 6.45) is 1.66. The number of ether oxygens (including phenoxy) is 2. The molecule has 1 aromatic heterocycles. The molecular formula is C22H21N3O3. The Morgan fingerprint density at radius 1 is 0.929 bits per heavy atom. The Balaban J connectivity index is 1.45. The van der Waals surface area contributed by atoms with Gasteiger partial charge in [-0.1, -0.05) is 18.2 Å². The molecule has 0 spiro atoms. The first-order valence-electron chi connectivity index (χ1n) is 9.10. The highest BCUT2D eigenvalue weighted by atomic mass is 16.6. The molecule has 3 aromatic rings. The summed E-state index contributed by atoms with van der Waals surface area (Å²) in [7, 11) is 0. The molecule has 1 aliphatic heterocycles. The molecule has 0 saturated carbocycles. The number of aromatic nitrogens is 1. The zero-order valence-electron chi connectivity index (χ0n) is 15.8. The van der Waals surface area contributed by atoms with Crippen molar-refractivity contribution in [2.75, 3.05) is 23.8 Å². The second-order valence-corrected chi connectivity index (χ2v) is 6.64. The van der Waals surface area contributed by atoms with Crippen LogP contribution in [0, 0.1) is 13.8 Å². The number of amides is 1. The molecule has 142 valence electrons. The van der Waals surface area contributed by atoms with Crippen LogP contribution in [0.2, 0.25) is 0 Å². The van der Waals surface area contributed by atoms with Crippen molar-refractivity contribution in [3.8, 4) is 11.5 Å². The Morgan fingerprint density at radius 3 is 2.36 bits per heavy atom. The average Bonchev–Trinajstić information content (AvgIpc) is 2.71. The van der Waals surface area contributed by atoms with E-state index in [9.17, 15) is 4.79 Å². The largest absolute Gasteiger partial charge is 0.486 e. The second kappa shape index (κ2) is 7.60. The van der Waals surface area contributed by atoms with Crippen LogP contribution in [-0.2, 0) is 0 Å². The van der Waals surface area contributed by atoms with Crippen molar-refractivity contribution in [3.05, 3.63) is 71.5 Å². The first kappa shape index (κ1) is 17.9. The number of hydrogen-bond donors (Lipinski definition) is 2. The summed E-state index contributed by atoms with van der Waals surface area (Å²) in [5.41, 5.74) is 5.16. The Morgan fingerprint density at radius 2 is 1.64 bits per heavy atom. The van der Waals surface area contributed by atoms with Crippen molar-refractivity contribution >= 4 is 23.0 Å². The van der Waals surface area contributed by atoms with Gasteiger partial charge >= 0.3 is 0 Å². The number of para-hydroxylation sites is 1. The summed E-state index contributed by atoms with van der Waals surface area (Å²) in [6, 6.07) is 15.0. The number of pyridine rings is 1. The van der Waals surface area contributed by atoms with Crippen LogP contribution in [0.15, 0.2) is 54.7 Å². The van der Waals surface area contributed by atoms with Gasteiger partial charge in [-0.25, -0.2) is 4.98 Å². The predicted molar refractivity (Wildman–Crippen MR) is 109 cm³/mol. The van der Waals surface area contributed by atoms with E-state index in [4.69, 9.17) is 9.47 Å². The molecule has 1 aliphatic rings.